The Hall–Kier alpha value is -2.60. The van der Waals surface area contributed by atoms with Crippen molar-refractivity contribution in [3.63, 3.8) is 0 Å². The standard InChI is InChI=1S/C21H23N3O2S/c1-13(2)24-20(26)16-7-5-6-8-17(16)23-21(24)27-12-19(25)22-18-11-14(3)9-10-15(18)4/h5-11,13H,12H2,1-4H3,(H,22,25). The number of benzene rings is 2. The third-order valence-corrected chi connectivity index (χ3v) is 5.24. The number of aromatic nitrogens is 2. The van der Waals surface area contributed by atoms with Crippen LogP contribution in [0.3, 0.4) is 0 Å². The molecule has 5 nitrogen and oxygen atoms in total. The number of hydrogen-bond donors (Lipinski definition) is 1. The number of thioether (sulfide) groups is 1. The number of rotatable bonds is 5. The van der Waals surface area contributed by atoms with Crippen molar-refractivity contribution in [2.75, 3.05) is 11.1 Å². The summed E-state index contributed by atoms with van der Waals surface area (Å²) in [5, 5.41) is 4.10. The van der Waals surface area contributed by atoms with Crippen LogP contribution in [0, 0.1) is 13.8 Å². The van der Waals surface area contributed by atoms with Gasteiger partial charge in [-0.1, -0.05) is 36.0 Å². The first kappa shape index (κ1) is 19.2. The zero-order valence-electron chi connectivity index (χ0n) is 15.9. The monoisotopic (exact) mass is 381 g/mol. The van der Waals surface area contributed by atoms with Crippen LogP contribution < -0.4 is 10.9 Å². The average Bonchev–Trinajstić information content (AvgIpc) is 2.63. The van der Waals surface area contributed by atoms with Gasteiger partial charge >= 0.3 is 0 Å². The lowest BCUT2D eigenvalue weighted by Gasteiger charge is -2.16. The highest BCUT2D eigenvalue weighted by atomic mass is 32.2. The van der Waals surface area contributed by atoms with Gasteiger partial charge in [0.15, 0.2) is 5.16 Å². The molecule has 1 heterocycles. The second-order valence-corrected chi connectivity index (χ2v) is 7.78. The average molecular weight is 382 g/mol. The molecule has 3 aromatic rings. The van der Waals surface area contributed by atoms with E-state index in [0.29, 0.717) is 16.1 Å². The van der Waals surface area contributed by atoms with Crippen LogP contribution in [-0.4, -0.2) is 21.2 Å². The molecule has 2 aromatic carbocycles. The number of anilines is 1. The molecular weight excluding hydrogens is 358 g/mol. The summed E-state index contributed by atoms with van der Waals surface area (Å²) in [6, 6.07) is 13.2. The van der Waals surface area contributed by atoms with Crippen molar-refractivity contribution < 1.29 is 4.79 Å². The molecule has 0 saturated heterocycles. The van der Waals surface area contributed by atoms with Crippen molar-refractivity contribution >= 4 is 34.3 Å². The Morgan fingerprint density at radius 1 is 1.19 bits per heavy atom. The number of fused-ring (bicyclic) bond motifs is 1. The minimum Gasteiger partial charge on any atom is -0.325 e. The quantitative estimate of drug-likeness (QED) is 0.528. The Balaban J connectivity index is 1.84. The Bertz CT molecular complexity index is 1060. The maximum absolute atomic E-state index is 12.8. The van der Waals surface area contributed by atoms with Crippen molar-refractivity contribution in [2.24, 2.45) is 0 Å². The summed E-state index contributed by atoms with van der Waals surface area (Å²) in [5.74, 6) is 0.0663. The number of hydrogen-bond acceptors (Lipinski definition) is 4. The predicted molar refractivity (Wildman–Crippen MR) is 112 cm³/mol. The Kier molecular flexibility index (Phi) is 5.65. The zero-order valence-corrected chi connectivity index (χ0v) is 16.8. The van der Waals surface area contributed by atoms with E-state index in [-0.39, 0.29) is 23.3 Å². The fourth-order valence-electron chi connectivity index (χ4n) is 2.87. The summed E-state index contributed by atoms with van der Waals surface area (Å²) in [7, 11) is 0. The third-order valence-electron chi connectivity index (χ3n) is 4.29. The molecule has 1 aromatic heterocycles. The van der Waals surface area contributed by atoms with Gasteiger partial charge in [0.2, 0.25) is 5.91 Å². The minimum atomic E-state index is -0.119. The predicted octanol–water partition coefficient (Wildman–Crippen LogP) is 4.33. The molecule has 1 N–H and O–H groups in total. The van der Waals surface area contributed by atoms with E-state index in [1.165, 1.54) is 11.8 Å². The van der Waals surface area contributed by atoms with Gasteiger partial charge in [-0.05, 0) is 57.0 Å². The molecule has 0 bridgehead atoms. The lowest BCUT2D eigenvalue weighted by Crippen LogP contribution is -2.25. The molecule has 140 valence electrons. The smallest absolute Gasteiger partial charge is 0.262 e. The fraction of sp³-hybridized carbons (Fsp3) is 0.286. The number of carbonyl (C=O) groups excluding carboxylic acids is 1. The molecule has 0 radical (unpaired) electrons. The molecule has 27 heavy (non-hydrogen) atoms. The van der Waals surface area contributed by atoms with Crippen LogP contribution in [0.2, 0.25) is 0 Å². The third kappa shape index (κ3) is 4.22. The van der Waals surface area contributed by atoms with Crippen LogP contribution in [0.15, 0.2) is 52.4 Å². The van der Waals surface area contributed by atoms with Crippen LogP contribution >= 0.6 is 11.8 Å². The molecule has 0 aliphatic heterocycles. The second-order valence-electron chi connectivity index (χ2n) is 6.84. The maximum Gasteiger partial charge on any atom is 0.262 e. The summed E-state index contributed by atoms with van der Waals surface area (Å²) in [4.78, 5) is 29.9. The molecule has 0 fully saturated rings. The van der Waals surface area contributed by atoms with Gasteiger partial charge in [0.05, 0.1) is 16.7 Å². The van der Waals surface area contributed by atoms with E-state index in [9.17, 15) is 9.59 Å². The number of aryl methyl sites for hydroxylation is 2. The first-order chi connectivity index (χ1) is 12.9. The van der Waals surface area contributed by atoms with Crippen molar-refractivity contribution in [3.8, 4) is 0 Å². The van der Waals surface area contributed by atoms with E-state index >= 15 is 0 Å². The largest absolute Gasteiger partial charge is 0.325 e. The van der Waals surface area contributed by atoms with E-state index in [2.05, 4.69) is 10.3 Å². The van der Waals surface area contributed by atoms with Gasteiger partial charge in [0.1, 0.15) is 0 Å². The molecule has 0 unspecified atom stereocenters. The molecule has 1 amide bonds. The normalized spacial score (nSPS) is 11.1. The first-order valence-electron chi connectivity index (χ1n) is 8.88. The van der Waals surface area contributed by atoms with Crippen molar-refractivity contribution in [1.82, 2.24) is 9.55 Å². The second kappa shape index (κ2) is 7.96. The number of para-hydroxylation sites is 1. The summed E-state index contributed by atoms with van der Waals surface area (Å²) in [6.07, 6.45) is 0. The van der Waals surface area contributed by atoms with Gasteiger partial charge in [-0.3, -0.25) is 14.2 Å². The van der Waals surface area contributed by atoms with Gasteiger partial charge in [0, 0.05) is 11.7 Å². The first-order valence-corrected chi connectivity index (χ1v) is 9.86. The SMILES string of the molecule is Cc1ccc(C)c(NC(=O)CSc2nc3ccccc3c(=O)n2C(C)C)c1. The molecule has 0 spiro atoms. The van der Waals surface area contributed by atoms with E-state index in [4.69, 9.17) is 0 Å². The van der Waals surface area contributed by atoms with Gasteiger partial charge < -0.3 is 5.32 Å². The van der Waals surface area contributed by atoms with Crippen LogP contribution in [0.1, 0.15) is 31.0 Å². The Morgan fingerprint density at radius 2 is 1.93 bits per heavy atom. The summed E-state index contributed by atoms with van der Waals surface area (Å²) in [6.45, 7) is 7.84. The molecule has 0 saturated carbocycles. The van der Waals surface area contributed by atoms with E-state index in [1.807, 2.05) is 64.1 Å². The van der Waals surface area contributed by atoms with Gasteiger partial charge in [-0.2, -0.15) is 0 Å². The number of amides is 1. The van der Waals surface area contributed by atoms with Crippen molar-refractivity contribution in [2.45, 2.75) is 38.9 Å². The van der Waals surface area contributed by atoms with Crippen molar-refractivity contribution in [3.05, 3.63) is 63.9 Å². The lowest BCUT2D eigenvalue weighted by molar-refractivity contribution is -0.113. The van der Waals surface area contributed by atoms with E-state index in [1.54, 1.807) is 10.6 Å². The molecular formula is C21H23N3O2S. The van der Waals surface area contributed by atoms with Crippen LogP contribution in [0.25, 0.3) is 10.9 Å². The Labute approximate surface area is 162 Å². The molecule has 6 heteroatoms. The summed E-state index contributed by atoms with van der Waals surface area (Å²) >= 11 is 1.28. The minimum absolute atomic E-state index is 0.0424. The van der Waals surface area contributed by atoms with Crippen LogP contribution in [0.5, 0.6) is 0 Å². The molecule has 3 rings (SSSR count). The molecule has 0 atom stereocenters. The lowest BCUT2D eigenvalue weighted by atomic mass is 10.1. The maximum atomic E-state index is 12.8. The highest BCUT2D eigenvalue weighted by Crippen LogP contribution is 2.22. The Morgan fingerprint density at radius 3 is 2.67 bits per heavy atom. The van der Waals surface area contributed by atoms with Gasteiger partial charge in [-0.25, -0.2) is 4.98 Å². The number of carbonyl (C=O) groups is 1. The topological polar surface area (TPSA) is 64.0 Å². The molecule has 0 aliphatic carbocycles. The zero-order chi connectivity index (χ0) is 19.6. The van der Waals surface area contributed by atoms with Crippen molar-refractivity contribution in [1.29, 1.82) is 0 Å². The summed E-state index contributed by atoms with van der Waals surface area (Å²) < 4.78 is 1.65. The van der Waals surface area contributed by atoms with E-state index < -0.39 is 0 Å². The van der Waals surface area contributed by atoms with Gasteiger partial charge in [0.25, 0.3) is 5.56 Å². The fourth-order valence-corrected chi connectivity index (χ4v) is 3.80. The molecule has 0 aliphatic rings. The number of nitrogens with one attached hydrogen (secondary N) is 1. The highest BCUT2D eigenvalue weighted by Gasteiger charge is 2.15. The van der Waals surface area contributed by atoms with Crippen LogP contribution in [-0.2, 0) is 4.79 Å². The number of nitrogens with zero attached hydrogens (tertiary/aromatic N) is 2. The van der Waals surface area contributed by atoms with Crippen LogP contribution in [0.4, 0.5) is 5.69 Å². The van der Waals surface area contributed by atoms with E-state index in [0.717, 1.165) is 16.8 Å². The summed E-state index contributed by atoms with van der Waals surface area (Å²) in [5.41, 5.74) is 3.49. The van der Waals surface area contributed by atoms with Gasteiger partial charge in [-0.15, -0.1) is 0 Å². The highest BCUT2D eigenvalue weighted by molar-refractivity contribution is 7.99.